The maximum absolute atomic E-state index is 13.9. The van der Waals surface area contributed by atoms with Crippen LogP contribution >= 0.6 is 0 Å². The van der Waals surface area contributed by atoms with Gasteiger partial charge in [0.2, 0.25) is 0 Å². The van der Waals surface area contributed by atoms with Gasteiger partial charge in [-0.2, -0.15) is 0 Å². The van der Waals surface area contributed by atoms with Gasteiger partial charge in [-0.15, -0.1) is 0 Å². The Bertz CT molecular complexity index is 1040. The van der Waals surface area contributed by atoms with E-state index in [1.807, 2.05) is 6.92 Å². The van der Waals surface area contributed by atoms with E-state index in [1.54, 1.807) is 48.0 Å². The molecule has 4 rings (SSSR count). The molecule has 1 fully saturated rings. The molecule has 0 bridgehead atoms. The highest BCUT2D eigenvalue weighted by Gasteiger charge is 2.30. The number of anilines is 2. The zero-order valence-electron chi connectivity index (χ0n) is 17.8. The molecule has 1 aliphatic rings. The Morgan fingerprint density at radius 2 is 1.94 bits per heavy atom. The number of aromatic nitrogens is 4. The highest BCUT2D eigenvalue weighted by atomic mass is 19.1. The van der Waals surface area contributed by atoms with Crippen LogP contribution in [0.5, 0.6) is 5.75 Å². The Labute approximate surface area is 185 Å². The van der Waals surface area contributed by atoms with Gasteiger partial charge in [-0.25, -0.2) is 14.4 Å². The number of carbonyl (C=O) groups is 1. The van der Waals surface area contributed by atoms with Crippen LogP contribution in [0, 0.1) is 5.82 Å². The van der Waals surface area contributed by atoms with Gasteiger partial charge in [-0.1, -0.05) is 19.1 Å². The van der Waals surface area contributed by atoms with Crippen molar-refractivity contribution in [3.8, 4) is 5.75 Å². The van der Waals surface area contributed by atoms with E-state index in [0.29, 0.717) is 31.1 Å². The number of hydrogen-bond acceptors (Lipinski definition) is 7. The summed E-state index contributed by atoms with van der Waals surface area (Å²) in [5.74, 6) is 0.919. The Kier molecular flexibility index (Phi) is 6.84. The number of para-hydroxylation sites is 1. The molecule has 1 aromatic carbocycles. The van der Waals surface area contributed by atoms with E-state index in [-0.39, 0.29) is 17.6 Å². The van der Waals surface area contributed by atoms with Crippen LogP contribution in [0.15, 0.2) is 55.2 Å². The molecule has 1 aliphatic heterocycles. The Balaban J connectivity index is 1.36. The molecule has 166 valence electrons. The van der Waals surface area contributed by atoms with E-state index >= 15 is 0 Å². The minimum Gasteiger partial charge on any atom is -0.478 e. The van der Waals surface area contributed by atoms with Crippen molar-refractivity contribution >= 4 is 17.5 Å². The molecule has 0 radical (unpaired) electrons. The van der Waals surface area contributed by atoms with Gasteiger partial charge in [0.1, 0.15) is 11.6 Å². The molecule has 3 heterocycles. The second kappa shape index (κ2) is 10.1. The number of halogens is 1. The molecule has 8 nitrogen and oxygen atoms in total. The van der Waals surface area contributed by atoms with E-state index in [2.05, 4.69) is 25.3 Å². The predicted octanol–water partition coefficient (Wildman–Crippen LogP) is 3.71. The maximum Gasteiger partial charge on any atom is 0.263 e. The van der Waals surface area contributed by atoms with Crippen LogP contribution in [0.4, 0.5) is 16.0 Å². The highest BCUT2D eigenvalue weighted by Crippen LogP contribution is 2.28. The number of piperidine rings is 1. The van der Waals surface area contributed by atoms with Gasteiger partial charge in [0.15, 0.2) is 17.7 Å². The van der Waals surface area contributed by atoms with Gasteiger partial charge in [0, 0.05) is 37.6 Å². The van der Waals surface area contributed by atoms with Crippen LogP contribution < -0.4 is 10.1 Å². The summed E-state index contributed by atoms with van der Waals surface area (Å²) >= 11 is 0. The number of likely N-dealkylation sites (tertiary alicyclic amines) is 1. The largest absolute Gasteiger partial charge is 0.478 e. The second-order valence-electron chi connectivity index (χ2n) is 7.59. The van der Waals surface area contributed by atoms with Crippen molar-refractivity contribution in [3.63, 3.8) is 0 Å². The summed E-state index contributed by atoms with van der Waals surface area (Å²) in [4.78, 5) is 31.9. The topological polar surface area (TPSA) is 93.1 Å². The molecule has 1 saturated heterocycles. The fourth-order valence-corrected chi connectivity index (χ4v) is 3.73. The van der Waals surface area contributed by atoms with Crippen LogP contribution in [0.3, 0.4) is 0 Å². The van der Waals surface area contributed by atoms with Gasteiger partial charge in [-0.3, -0.25) is 14.8 Å². The fraction of sp³-hybridized carbons (Fsp3) is 0.348. The summed E-state index contributed by atoms with van der Waals surface area (Å²) in [6, 6.07) is 6.15. The molecule has 2 aromatic heterocycles. The lowest BCUT2D eigenvalue weighted by Gasteiger charge is -2.33. The third kappa shape index (κ3) is 5.16. The lowest BCUT2D eigenvalue weighted by atomic mass is 9.93. The van der Waals surface area contributed by atoms with Crippen LogP contribution in [0.25, 0.3) is 0 Å². The quantitative estimate of drug-likeness (QED) is 0.603. The van der Waals surface area contributed by atoms with Crippen molar-refractivity contribution in [2.24, 2.45) is 0 Å². The van der Waals surface area contributed by atoms with Gasteiger partial charge >= 0.3 is 0 Å². The average Bonchev–Trinajstić information content (AvgIpc) is 2.84. The first-order chi connectivity index (χ1) is 15.6. The summed E-state index contributed by atoms with van der Waals surface area (Å²) in [6.45, 7) is 3.04. The zero-order chi connectivity index (χ0) is 22.3. The molecule has 3 aromatic rings. The summed E-state index contributed by atoms with van der Waals surface area (Å²) in [7, 11) is 0. The predicted molar refractivity (Wildman–Crippen MR) is 117 cm³/mol. The van der Waals surface area contributed by atoms with E-state index in [9.17, 15) is 9.18 Å². The highest BCUT2D eigenvalue weighted by molar-refractivity contribution is 5.81. The molecule has 1 N–H and O–H groups in total. The van der Waals surface area contributed by atoms with E-state index < -0.39 is 11.9 Å². The normalized spacial score (nSPS) is 15.2. The molecule has 9 heteroatoms. The molecule has 0 spiro atoms. The summed E-state index contributed by atoms with van der Waals surface area (Å²) in [5, 5.41) is 3.10. The first-order valence-electron chi connectivity index (χ1n) is 10.7. The Hall–Kier alpha value is -3.62. The molecule has 32 heavy (non-hydrogen) atoms. The van der Waals surface area contributed by atoms with Crippen molar-refractivity contribution in [2.45, 2.75) is 38.2 Å². The SMILES string of the molecule is CC[C@@H](Oc1ccccc1F)C(=O)N1CCC(c2cncc(Nc3cnccn3)n2)CC1. The molecular weight excluding hydrogens is 411 g/mol. The number of nitrogens with zero attached hydrogens (tertiary/aromatic N) is 5. The molecule has 1 amide bonds. The summed E-state index contributed by atoms with van der Waals surface area (Å²) in [6.07, 6.45) is 9.53. The van der Waals surface area contributed by atoms with Crippen LogP contribution in [-0.2, 0) is 4.79 Å². The first kappa shape index (κ1) is 21.6. The summed E-state index contributed by atoms with van der Waals surface area (Å²) < 4.78 is 19.6. The third-order valence-electron chi connectivity index (χ3n) is 5.45. The first-order valence-corrected chi connectivity index (χ1v) is 10.7. The van der Waals surface area contributed by atoms with Gasteiger partial charge < -0.3 is 15.0 Å². The zero-order valence-corrected chi connectivity index (χ0v) is 17.8. The lowest BCUT2D eigenvalue weighted by Crippen LogP contribution is -2.45. The van der Waals surface area contributed by atoms with E-state index in [1.165, 1.54) is 12.1 Å². The molecule has 0 aliphatic carbocycles. The van der Waals surface area contributed by atoms with Gasteiger partial charge in [0.05, 0.1) is 18.1 Å². The smallest absolute Gasteiger partial charge is 0.263 e. The average molecular weight is 436 g/mol. The Morgan fingerprint density at radius 3 is 2.66 bits per heavy atom. The molecule has 0 unspecified atom stereocenters. The standard InChI is InChI=1S/C23H25FN6O2/c1-2-19(32-20-6-4-3-5-17(20)24)23(31)30-11-7-16(8-12-30)18-13-26-15-22(28-18)29-21-14-25-9-10-27-21/h3-6,9-10,13-16,19H,2,7-8,11-12H2,1H3,(H,27,28,29)/t19-/m1/s1. The third-order valence-corrected chi connectivity index (χ3v) is 5.45. The number of hydrogen-bond donors (Lipinski definition) is 1. The number of carbonyl (C=O) groups excluding carboxylic acids is 1. The number of amides is 1. The van der Waals surface area contributed by atoms with Gasteiger partial charge in [0.25, 0.3) is 5.91 Å². The van der Waals surface area contributed by atoms with Crippen LogP contribution in [0.2, 0.25) is 0 Å². The van der Waals surface area contributed by atoms with E-state index in [4.69, 9.17) is 4.74 Å². The number of ether oxygens (including phenoxy) is 1. The van der Waals surface area contributed by atoms with E-state index in [0.717, 1.165) is 18.5 Å². The van der Waals surface area contributed by atoms with Crippen LogP contribution in [0.1, 0.15) is 37.8 Å². The lowest BCUT2D eigenvalue weighted by molar-refractivity contribution is -0.140. The Morgan fingerprint density at radius 1 is 1.16 bits per heavy atom. The maximum atomic E-state index is 13.9. The van der Waals surface area contributed by atoms with Crippen molar-refractivity contribution in [1.29, 1.82) is 0 Å². The minimum atomic E-state index is -0.706. The summed E-state index contributed by atoms with van der Waals surface area (Å²) in [5.41, 5.74) is 0.876. The minimum absolute atomic E-state index is 0.102. The number of nitrogens with one attached hydrogen (secondary N) is 1. The molecular formula is C23H25FN6O2. The van der Waals surface area contributed by atoms with Crippen molar-refractivity contribution in [2.75, 3.05) is 18.4 Å². The fourth-order valence-electron chi connectivity index (χ4n) is 3.73. The monoisotopic (exact) mass is 436 g/mol. The number of benzene rings is 1. The van der Waals surface area contributed by atoms with Gasteiger partial charge in [-0.05, 0) is 31.4 Å². The van der Waals surface area contributed by atoms with Crippen molar-refractivity contribution in [3.05, 3.63) is 66.8 Å². The molecule has 1 atom stereocenters. The van der Waals surface area contributed by atoms with Crippen molar-refractivity contribution in [1.82, 2.24) is 24.8 Å². The van der Waals surface area contributed by atoms with Crippen LogP contribution in [-0.4, -0.2) is 49.9 Å². The second-order valence-corrected chi connectivity index (χ2v) is 7.59. The van der Waals surface area contributed by atoms with Crippen molar-refractivity contribution < 1.29 is 13.9 Å². The number of rotatable bonds is 7. The molecule has 0 saturated carbocycles.